The number of unbranched alkanes of at least 4 members (excludes halogenated alkanes) is 6. The fraction of sp³-hybridized carbons (Fsp3) is 0.593. The maximum Gasteiger partial charge on any atom is 0.419 e. The first kappa shape index (κ1) is 29.3. The van der Waals surface area contributed by atoms with Crippen molar-refractivity contribution in [3.05, 3.63) is 35.4 Å². The van der Waals surface area contributed by atoms with Gasteiger partial charge in [-0.05, 0) is 45.4 Å². The summed E-state index contributed by atoms with van der Waals surface area (Å²) in [6.07, 6.45) is 2.04. The number of rotatable bonds is 11. The van der Waals surface area contributed by atoms with Gasteiger partial charge in [-0.3, -0.25) is 4.90 Å². The van der Waals surface area contributed by atoms with Crippen LogP contribution >= 0.6 is 0 Å². The summed E-state index contributed by atoms with van der Waals surface area (Å²) in [6.45, 7) is 7.58. The zero-order valence-corrected chi connectivity index (χ0v) is 22.4. The Bertz CT molecular complexity index is 1120. The number of carbonyl (C=O) groups is 1. The molecule has 0 saturated heterocycles. The second kappa shape index (κ2) is 12.5. The molecule has 1 aromatic carbocycles. The lowest BCUT2D eigenvalue weighted by atomic mass is 10.1. The monoisotopic (exact) mass is 539 g/mol. The fourth-order valence-electron chi connectivity index (χ4n) is 4.04. The van der Waals surface area contributed by atoms with E-state index in [1.807, 2.05) is 0 Å². The molecule has 0 fully saturated rings. The highest BCUT2D eigenvalue weighted by atomic mass is 19.4. The Morgan fingerprint density at radius 2 is 1.79 bits per heavy atom. The van der Waals surface area contributed by atoms with E-state index in [2.05, 4.69) is 17.1 Å². The quantitative estimate of drug-likeness (QED) is 0.292. The van der Waals surface area contributed by atoms with Gasteiger partial charge in [0.05, 0.1) is 12.2 Å². The maximum absolute atomic E-state index is 13.8. The Kier molecular flexibility index (Phi) is 9.67. The van der Waals surface area contributed by atoms with Crippen LogP contribution in [0.4, 0.5) is 18.0 Å². The normalized spacial score (nSPS) is 14.3. The van der Waals surface area contributed by atoms with Crippen LogP contribution in [-0.4, -0.2) is 45.0 Å². The first-order valence-electron chi connectivity index (χ1n) is 13.0. The average molecular weight is 540 g/mol. The predicted octanol–water partition coefficient (Wildman–Crippen LogP) is 7.75. The van der Waals surface area contributed by atoms with E-state index in [1.54, 1.807) is 20.8 Å². The lowest BCUT2D eigenvalue weighted by molar-refractivity contribution is -0.138. The standard InChI is InChI=1S/C27H36F3N3O5/c1-5-6-7-8-9-10-11-16-36-21-13-12-18(17-19(21)27(28,29)30)23-31-24(38-32-23)22-20(34)14-15-33(22)25(35)37-26(2,3)4/h12-13,17,34H,5-11,14-16H2,1-4H3. The van der Waals surface area contributed by atoms with Crippen molar-refractivity contribution in [2.75, 3.05) is 13.2 Å². The molecule has 210 valence electrons. The lowest BCUT2D eigenvalue weighted by Gasteiger charge is -2.24. The van der Waals surface area contributed by atoms with Crippen LogP contribution in [0.15, 0.2) is 28.5 Å². The van der Waals surface area contributed by atoms with Gasteiger partial charge >= 0.3 is 12.3 Å². The molecule has 0 unspecified atom stereocenters. The van der Waals surface area contributed by atoms with Crippen molar-refractivity contribution in [3.8, 4) is 17.1 Å². The number of hydrogen-bond donors (Lipinski definition) is 1. The summed E-state index contributed by atoms with van der Waals surface area (Å²) in [7, 11) is 0. The van der Waals surface area contributed by atoms with Crippen LogP contribution in [0.5, 0.6) is 5.75 Å². The molecule has 2 aromatic rings. The van der Waals surface area contributed by atoms with E-state index in [1.165, 1.54) is 29.9 Å². The first-order chi connectivity index (χ1) is 17.9. The molecule has 38 heavy (non-hydrogen) atoms. The maximum atomic E-state index is 13.8. The number of amides is 1. The largest absolute Gasteiger partial charge is 0.510 e. The van der Waals surface area contributed by atoms with E-state index >= 15 is 0 Å². The summed E-state index contributed by atoms with van der Waals surface area (Å²) in [5.41, 5.74) is -1.68. The molecule has 3 rings (SSSR count). The summed E-state index contributed by atoms with van der Waals surface area (Å²) in [5.74, 6) is -0.742. The molecule has 8 nitrogen and oxygen atoms in total. The molecule has 0 spiro atoms. The van der Waals surface area contributed by atoms with Crippen molar-refractivity contribution in [2.24, 2.45) is 0 Å². The van der Waals surface area contributed by atoms with Crippen molar-refractivity contribution in [2.45, 2.75) is 90.8 Å². The van der Waals surface area contributed by atoms with Gasteiger partial charge in [-0.1, -0.05) is 50.6 Å². The third-order valence-corrected chi connectivity index (χ3v) is 5.91. The number of benzene rings is 1. The highest BCUT2D eigenvalue weighted by Gasteiger charge is 2.37. The van der Waals surface area contributed by atoms with Crippen LogP contribution in [0.1, 0.15) is 90.5 Å². The van der Waals surface area contributed by atoms with Gasteiger partial charge in [0, 0.05) is 18.5 Å². The molecular formula is C27H36F3N3O5. The summed E-state index contributed by atoms with van der Waals surface area (Å²) in [5, 5.41) is 14.1. The fourth-order valence-corrected chi connectivity index (χ4v) is 4.04. The van der Waals surface area contributed by atoms with Gasteiger partial charge < -0.3 is 19.1 Å². The summed E-state index contributed by atoms with van der Waals surface area (Å²) in [4.78, 5) is 17.9. The number of hydrogen-bond acceptors (Lipinski definition) is 7. The molecule has 1 aliphatic rings. The minimum absolute atomic E-state index is 0.0244. The third-order valence-electron chi connectivity index (χ3n) is 5.91. The Balaban J connectivity index is 1.73. The van der Waals surface area contributed by atoms with Crippen molar-refractivity contribution < 1.29 is 37.1 Å². The van der Waals surface area contributed by atoms with Gasteiger partial charge in [0.1, 0.15) is 17.1 Å². The average Bonchev–Trinajstić information content (AvgIpc) is 3.46. The van der Waals surface area contributed by atoms with E-state index in [9.17, 15) is 23.1 Å². The van der Waals surface area contributed by atoms with Crippen molar-refractivity contribution in [3.63, 3.8) is 0 Å². The predicted molar refractivity (Wildman–Crippen MR) is 135 cm³/mol. The number of alkyl halides is 3. The van der Waals surface area contributed by atoms with Crippen molar-refractivity contribution in [1.82, 2.24) is 15.0 Å². The highest BCUT2D eigenvalue weighted by molar-refractivity contribution is 5.82. The third kappa shape index (κ3) is 7.88. The van der Waals surface area contributed by atoms with Gasteiger partial charge in [0.2, 0.25) is 5.82 Å². The molecule has 0 bridgehead atoms. The zero-order chi connectivity index (χ0) is 27.9. The van der Waals surface area contributed by atoms with Gasteiger partial charge in [0.25, 0.3) is 5.89 Å². The van der Waals surface area contributed by atoms with Gasteiger partial charge in [0.15, 0.2) is 5.70 Å². The number of carbonyl (C=O) groups excluding carboxylic acids is 1. The van der Waals surface area contributed by atoms with E-state index in [-0.39, 0.29) is 54.1 Å². The molecule has 0 atom stereocenters. The molecule has 11 heteroatoms. The van der Waals surface area contributed by atoms with Crippen LogP contribution in [0, 0.1) is 0 Å². The zero-order valence-electron chi connectivity index (χ0n) is 22.4. The van der Waals surface area contributed by atoms with Gasteiger partial charge in [-0.15, -0.1) is 0 Å². The number of nitrogens with zero attached hydrogens (tertiary/aromatic N) is 3. The molecule has 0 saturated carbocycles. The molecule has 1 amide bonds. The van der Waals surface area contributed by atoms with Crippen LogP contribution in [0.3, 0.4) is 0 Å². The van der Waals surface area contributed by atoms with E-state index in [0.717, 1.165) is 31.7 Å². The Labute approximate surface area is 220 Å². The van der Waals surface area contributed by atoms with E-state index in [0.29, 0.717) is 6.42 Å². The second-order valence-electron chi connectivity index (χ2n) is 10.3. The van der Waals surface area contributed by atoms with Gasteiger partial charge in [-0.2, -0.15) is 18.2 Å². The topological polar surface area (TPSA) is 97.9 Å². The van der Waals surface area contributed by atoms with Crippen LogP contribution < -0.4 is 4.74 Å². The van der Waals surface area contributed by atoms with E-state index < -0.39 is 23.4 Å². The summed E-state index contributed by atoms with van der Waals surface area (Å²) < 4.78 is 57.5. The minimum Gasteiger partial charge on any atom is -0.510 e. The van der Waals surface area contributed by atoms with Crippen LogP contribution in [0.25, 0.3) is 17.1 Å². The Morgan fingerprint density at radius 3 is 2.45 bits per heavy atom. The van der Waals surface area contributed by atoms with Crippen LogP contribution in [-0.2, 0) is 10.9 Å². The molecule has 0 radical (unpaired) electrons. The van der Waals surface area contributed by atoms with Crippen molar-refractivity contribution in [1.29, 1.82) is 0 Å². The van der Waals surface area contributed by atoms with Gasteiger partial charge in [-0.25, -0.2) is 4.79 Å². The lowest BCUT2D eigenvalue weighted by Crippen LogP contribution is -2.34. The first-order valence-corrected chi connectivity index (χ1v) is 13.0. The number of aliphatic hydroxyl groups is 1. The number of halogens is 3. The second-order valence-corrected chi connectivity index (χ2v) is 10.3. The number of ether oxygens (including phenoxy) is 2. The SMILES string of the molecule is CCCCCCCCCOc1ccc(-c2noc(C3=C(O)CCN3C(=O)OC(C)(C)C)n2)cc1C(F)(F)F. The molecule has 2 heterocycles. The summed E-state index contributed by atoms with van der Waals surface area (Å²) in [6, 6.07) is 3.57. The molecular weight excluding hydrogens is 503 g/mol. The molecule has 1 N–H and O–H groups in total. The smallest absolute Gasteiger partial charge is 0.419 e. The molecule has 0 aliphatic carbocycles. The van der Waals surface area contributed by atoms with Crippen molar-refractivity contribution >= 4 is 11.8 Å². The van der Waals surface area contributed by atoms with Crippen LogP contribution in [0.2, 0.25) is 0 Å². The Hall–Kier alpha value is -3.24. The summed E-state index contributed by atoms with van der Waals surface area (Å²) >= 11 is 0. The number of aliphatic hydroxyl groups excluding tert-OH is 1. The Morgan fingerprint density at radius 1 is 1.11 bits per heavy atom. The molecule has 1 aromatic heterocycles. The highest BCUT2D eigenvalue weighted by Crippen LogP contribution is 2.39. The molecule has 1 aliphatic heterocycles. The number of aromatic nitrogens is 2. The van der Waals surface area contributed by atoms with E-state index in [4.69, 9.17) is 14.0 Å². The minimum atomic E-state index is -4.65.